The Kier molecular flexibility index (Phi) is 16.2. The van der Waals surface area contributed by atoms with E-state index in [1.807, 2.05) is 54.6 Å². The second kappa shape index (κ2) is 23.4. The second-order valence-corrected chi connectivity index (χ2v) is 19.1. The molecule has 2 N–H and O–H groups in total. The zero-order valence-corrected chi connectivity index (χ0v) is 41.1. The van der Waals surface area contributed by atoms with Crippen LogP contribution >= 0.6 is 0 Å². The molecule has 0 radical (unpaired) electrons. The zero-order valence-electron chi connectivity index (χ0n) is 41.1. The average Bonchev–Trinajstić information content (AvgIpc) is 3.46. The third-order valence-corrected chi connectivity index (χ3v) is 14.7. The maximum atomic E-state index is 15.7. The predicted octanol–water partition coefficient (Wildman–Crippen LogP) is 11.5. The van der Waals surface area contributed by atoms with E-state index in [-0.39, 0.29) is 81.2 Å². The number of unbranched alkanes of at least 4 members (excludes halogenated alkanes) is 2. The summed E-state index contributed by atoms with van der Waals surface area (Å²) in [7, 11) is 0. The lowest BCUT2D eigenvalue weighted by Crippen LogP contribution is -2.70. The topological polar surface area (TPSA) is 177 Å². The molecule has 3 aliphatic rings. The molecule has 1 aliphatic heterocycles. The Bertz CT molecular complexity index is 3080. The fraction of sp³-hybridized carbons (Fsp3) is 0.317. The molecule has 380 valence electrons. The number of carbonyl (C=O) groups is 1. The Hall–Kier alpha value is -7.70. The second-order valence-electron chi connectivity index (χ2n) is 19.1. The Labute approximate surface area is 429 Å². The summed E-state index contributed by atoms with van der Waals surface area (Å²) in [5, 5.41) is 48.4. The van der Waals surface area contributed by atoms with Crippen LogP contribution in [0, 0.1) is 45.0 Å². The molecule has 6 aromatic carbocycles. The molecular formula is C60H59FN4O9. The average molecular weight is 999 g/mol. The number of nitro benzene ring substituents is 1. The van der Waals surface area contributed by atoms with Crippen molar-refractivity contribution in [2.75, 3.05) is 19.8 Å². The number of aliphatic hydroxyl groups excluding tert-OH is 2. The molecule has 6 aromatic rings. The monoisotopic (exact) mass is 998 g/mol. The highest BCUT2D eigenvalue weighted by molar-refractivity contribution is 6.03. The maximum absolute atomic E-state index is 15.7. The van der Waals surface area contributed by atoms with Gasteiger partial charge < -0.3 is 34.2 Å². The van der Waals surface area contributed by atoms with Crippen molar-refractivity contribution in [1.82, 2.24) is 4.90 Å². The minimum Gasteiger partial charge on any atom is -0.489 e. The molecule has 6 unspecified atom stereocenters. The van der Waals surface area contributed by atoms with Gasteiger partial charge in [0.1, 0.15) is 36.6 Å². The molecule has 1 amide bonds. The summed E-state index contributed by atoms with van der Waals surface area (Å²) in [6.45, 7) is 4.25. The fourth-order valence-electron chi connectivity index (χ4n) is 11.2. The molecule has 1 heterocycles. The number of ether oxygens (including phenoxy) is 3. The van der Waals surface area contributed by atoms with Crippen molar-refractivity contribution in [2.24, 2.45) is 22.9 Å². The van der Waals surface area contributed by atoms with Gasteiger partial charge in [-0.25, -0.2) is 4.39 Å². The number of carbonyl (C=O) groups excluding carboxylic acids is 1. The number of halogens is 1. The fourth-order valence-corrected chi connectivity index (χ4v) is 11.2. The summed E-state index contributed by atoms with van der Waals surface area (Å²) < 4.78 is 36.1. The van der Waals surface area contributed by atoms with E-state index in [9.17, 15) is 30.0 Å². The SMILES string of the molecule is C=CCOC12Oc3ccc(OCc4ccccc4F)cc3C3C(CCCCO)C(CCCCO)C=C(C(=NOCc4ccc([N+](=O)[O-])cc4)CC1N(Cc1cccc4ccccc14)C(=O)c1ccc(C#N)cc1)C32. The molecule has 0 saturated heterocycles. The van der Waals surface area contributed by atoms with Crippen LogP contribution in [-0.2, 0) is 29.3 Å². The van der Waals surface area contributed by atoms with Crippen molar-refractivity contribution in [3.8, 4) is 17.6 Å². The van der Waals surface area contributed by atoms with E-state index in [0.717, 1.165) is 40.3 Å². The van der Waals surface area contributed by atoms with Crippen LogP contribution in [0.25, 0.3) is 10.8 Å². The summed E-state index contributed by atoms with van der Waals surface area (Å²) >= 11 is 0. The minimum absolute atomic E-state index is 0.0126. The number of fused-ring (bicyclic) bond motifs is 3. The first-order valence-electron chi connectivity index (χ1n) is 25.2. The number of nitriles is 1. The molecule has 14 heteroatoms. The highest BCUT2D eigenvalue weighted by Gasteiger charge is 2.65. The quantitative estimate of drug-likeness (QED) is 0.0288. The summed E-state index contributed by atoms with van der Waals surface area (Å²) in [5.41, 5.74) is 4.81. The normalized spacial score (nSPS) is 21.1. The van der Waals surface area contributed by atoms with Gasteiger partial charge in [0.25, 0.3) is 11.6 Å². The Balaban J connectivity index is 1.26. The number of nitrogens with zero attached hydrogens (tertiary/aromatic N) is 4. The predicted molar refractivity (Wildman–Crippen MR) is 279 cm³/mol. The molecule has 1 saturated carbocycles. The number of hydrogen-bond acceptors (Lipinski definition) is 11. The van der Waals surface area contributed by atoms with Gasteiger partial charge in [-0.05, 0) is 126 Å². The summed E-state index contributed by atoms with van der Waals surface area (Å²) in [6, 6.07) is 40.0. The van der Waals surface area contributed by atoms with Crippen LogP contribution in [0.4, 0.5) is 10.1 Å². The van der Waals surface area contributed by atoms with Gasteiger partial charge in [-0.15, -0.1) is 6.58 Å². The van der Waals surface area contributed by atoms with Gasteiger partial charge in [0.05, 0.1) is 34.8 Å². The maximum Gasteiger partial charge on any atom is 0.269 e. The van der Waals surface area contributed by atoms with E-state index in [1.165, 1.54) is 18.2 Å². The van der Waals surface area contributed by atoms with E-state index in [2.05, 4.69) is 18.7 Å². The van der Waals surface area contributed by atoms with Gasteiger partial charge >= 0.3 is 0 Å². The van der Waals surface area contributed by atoms with Crippen molar-refractivity contribution < 1.29 is 43.4 Å². The van der Waals surface area contributed by atoms with Crippen molar-refractivity contribution in [3.05, 3.63) is 207 Å². The summed E-state index contributed by atoms with van der Waals surface area (Å²) in [4.78, 5) is 34.9. The number of amides is 1. The van der Waals surface area contributed by atoms with Crippen molar-refractivity contribution >= 4 is 28.1 Å². The van der Waals surface area contributed by atoms with Crippen LogP contribution < -0.4 is 9.47 Å². The molecule has 0 spiro atoms. The van der Waals surface area contributed by atoms with Crippen molar-refractivity contribution in [1.29, 1.82) is 5.26 Å². The summed E-state index contributed by atoms with van der Waals surface area (Å²) in [6.07, 6.45) is 8.04. The molecule has 2 aliphatic carbocycles. The highest BCUT2D eigenvalue weighted by Crippen LogP contribution is 2.62. The van der Waals surface area contributed by atoms with Crippen LogP contribution in [0.2, 0.25) is 0 Å². The van der Waals surface area contributed by atoms with Gasteiger partial charge in [-0.2, -0.15) is 5.26 Å². The third kappa shape index (κ3) is 10.8. The number of aliphatic hydroxyl groups is 2. The van der Waals surface area contributed by atoms with Gasteiger partial charge in [-0.1, -0.05) is 90.8 Å². The van der Waals surface area contributed by atoms with E-state index in [1.54, 1.807) is 71.6 Å². The van der Waals surface area contributed by atoms with Crippen LogP contribution in [0.15, 0.2) is 163 Å². The summed E-state index contributed by atoms with van der Waals surface area (Å²) in [5.74, 6) is -2.51. The van der Waals surface area contributed by atoms with Gasteiger partial charge in [0, 0.05) is 60.9 Å². The lowest BCUT2D eigenvalue weighted by molar-refractivity contribution is -0.384. The molecular weight excluding hydrogens is 940 g/mol. The lowest BCUT2D eigenvalue weighted by atomic mass is 9.55. The van der Waals surface area contributed by atoms with E-state index >= 15 is 4.79 Å². The first-order chi connectivity index (χ1) is 36.2. The van der Waals surface area contributed by atoms with Crippen LogP contribution in [0.1, 0.15) is 89.0 Å². The molecule has 6 atom stereocenters. The molecule has 9 rings (SSSR count). The van der Waals surface area contributed by atoms with Crippen LogP contribution in [0.5, 0.6) is 11.5 Å². The molecule has 0 aromatic heterocycles. The van der Waals surface area contributed by atoms with E-state index < -0.39 is 22.7 Å². The Morgan fingerprint density at radius 2 is 1.64 bits per heavy atom. The van der Waals surface area contributed by atoms with Crippen LogP contribution in [0.3, 0.4) is 0 Å². The standard InChI is InChI=1S/C60H59FN4O9/c1-2-32-72-60-56(64(59(68)43-24-20-40(36-62)21-25-43)37-45-16-11-15-42-12-3-5-17-49(42)45)35-54(63-73-38-41-22-26-47(27-23-41)65(69)70)51-33-44(13-7-9-30-66)50(18-8-10-31-67)57(58(51)60)52-34-48(28-29-55(52)74-60)71-39-46-14-4-6-19-53(46)61/h2-6,11-12,14-17,19-29,33-34,44,50,56-58,66-67H,1,7-10,13,18,30-32,35,37-39H2. The largest absolute Gasteiger partial charge is 0.489 e. The molecule has 0 bridgehead atoms. The lowest BCUT2D eigenvalue weighted by Gasteiger charge is -2.60. The van der Waals surface area contributed by atoms with Crippen molar-refractivity contribution in [3.63, 3.8) is 0 Å². The first kappa shape index (κ1) is 51.2. The smallest absolute Gasteiger partial charge is 0.269 e. The van der Waals surface area contributed by atoms with Gasteiger partial charge in [0.15, 0.2) is 0 Å². The van der Waals surface area contributed by atoms with Gasteiger partial charge in [-0.3, -0.25) is 14.9 Å². The van der Waals surface area contributed by atoms with Gasteiger partial charge in [0.2, 0.25) is 5.79 Å². The first-order valence-corrected chi connectivity index (χ1v) is 25.2. The number of oxime groups is 1. The van der Waals surface area contributed by atoms with E-state index in [4.69, 9.17) is 24.2 Å². The number of rotatable bonds is 22. The number of benzene rings is 6. The number of non-ortho nitro benzene ring substituents is 1. The zero-order chi connectivity index (χ0) is 51.6. The minimum atomic E-state index is -1.61. The Morgan fingerprint density at radius 1 is 0.905 bits per heavy atom. The molecule has 74 heavy (non-hydrogen) atoms. The van der Waals surface area contributed by atoms with Crippen molar-refractivity contribution in [2.45, 2.75) is 82.5 Å². The highest BCUT2D eigenvalue weighted by atomic mass is 19.1. The molecule has 1 fully saturated rings. The number of nitro groups is 1. The van der Waals surface area contributed by atoms with E-state index in [0.29, 0.717) is 65.1 Å². The van der Waals surface area contributed by atoms with Crippen LogP contribution in [-0.4, -0.2) is 63.3 Å². The Morgan fingerprint density at radius 3 is 2.38 bits per heavy atom. The number of allylic oxidation sites excluding steroid dienone is 1. The molecule has 13 nitrogen and oxygen atoms in total. The third-order valence-electron chi connectivity index (χ3n) is 14.7. The number of hydrogen-bond donors (Lipinski definition) is 2.